The van der Waals surface area contributed by atoms with Crippen molar-refractivity contribution in [3.05, 3.63) is 38.9 Å². The van der Waals surface area contributed by atoms with E-state index in [9.17, 15) is 9.59 Å². The zero-order valence-corrected chi connectivity index (χ0v) is 15.2. The highest BCUT2D eigenvalue weighted by Crippen LogP contribution is 2.31. The Hall–Kier alpha value is -1.54. The van der Waals surface area contributed by atoms with Crippen LogP contribution in [0.5, 0.6) is 0 Å². The average molecular weight is 364 g/mol. The predicted molar refractivity (Wildman–Crippen MR) is 97.3 cm³/mol. The molecule has 0 atom stereocenters. The first-order valence-electron chi connectivity index (χ1n) is 7.98. The number of anilines is 1. The lowest BCUT2D eigenvalue weighted by Gasteiger charge is -2.25. The van der Waals surface area contributed by atoms with Gasteiger partial charge in [0.05, 0.1) is 30.2 Å². The molecule has 1 aliphatic heterocycles. The van der Waals surface area contributed by atoms with Crippen molar-refractivity contribution in [2.45, 2.75) is 13.3 Å². The summed E-state index contributed by atoms with van der Waals surface area (Å²) in [6.07, 6.45) is 0.842. The SMILES string of the molecule is CCc1cc(C(=O)c2cccs2)c(NC(=O)CN2CCOCC2)s1. The van der Waals surface area contributed by atoms with Crippen LogP contribution in [-0.4, -0.2) is 49.4 Å². The fourth-order valence-corrected chi connectivity index (χ4v) is 4.23. The molecule has 0 aliphatic carbocycles. The molecule has 1 saturated heterocycles. The first kappa shape index (κ1) is 17.3. The van der Waals surface area contributed by atoms with Gasteiger partial charge in [0.1, 0.15) is 5.00 Å². The minimum absolute atomic E-state index is 0.0253. The van der Waals surface area contributed by atoms with Crippen LogP contribution in [0, 0.1) is 0 Å². The molecule has 3 heterocycles. The van der Waals surface area contributed by atoms with Gasteiger partial charge in [-0.3, -0.25) is 14.5 Å². The largest absolute Gasteiger partial charge is 0.379 e. The number of morpholine rings is 1. The first-order valence-corrected chi connectivity index (χ1v) is 9.68. The van der Waals surface area contributed by atoms with Gasteiger partial charge in [-0.2, -0.15) is 0 Å². The van der Waals surface area contributed by atoms with Crippen LogP contribution in [-0.2, 0) is 16.0 Å². The van der Waals surface area contributed by atoms with Crippen LogP contribution >= 0.6 is 22.7 Å². The van der Waals surface area contributed by atoms with Crippen molar-refractivity contribution < 1.29 is 14.3 Å². The van der Waals surface area contributed by atoms with E-state index in [4.69, 9.17) is 4.74 Å². The van der Waals surface area contributed by atoms with Gasteiger partial charge in [-0.1, -0.05) is 13.0 Å². The fourth-order valence-electron chi connectivity index (χ4n) is 2.55. The van der Waals surface area contributed by atoms with Gasteiger partial charge < -0.3 is 10.1 Å². The zero-order chi connectivity index (χ0) is 16.9. The van der Waals surface area contributed by atoms with Crippen LogP contribution in [0.25, 0.3) is 0 Å². The number of aryl methyl sites for hydroxylation is 1. The van der Waals surface area contributed by atoms with Gasteiger partial charge in [0.15, 0.2) is 0 Å². The average Bonchev–Trinajstić information content (AvgIpc) is 3.25. The lowest BCUT2D eigenvalue weighted by molar-refractivity contribution is -0.118. The molecule has 1 fully saturated rings. The van der Waals surface area contributed by atoms with Crippen molar-refractivity contribution >= 4 is 39.4 Å². The third-order valence-corrected chi connectivity index (χ3v) is 5.91. The monoisotopic (exact) mass is 364 g/mol. The minimum atomic E-state index is -0.0818. The Morgan fingerprint density at radius 1 is 1.33 bits per heavy atom. The zero-order valence-electron chi connectivity index (χ0n) is 13.5. The molecule has 0 aromatic carbocycles. The molecule has 0 saturated carbocycles. The van der Waals surface area contributed by atoms with E-state index >= 15 is 0 Å². The normalized spacial score (nSPS) is 15.4. The number of hydrogen-bond donors (Lipinski definition) is 1. The second kappa shape index (κ2) is 8.02. The molecule has 24 heavy (non-hydrogen) atoms. The third-order valence-electron chi connectivity index (χ3n) is 3.85. The topological polar surface area (TPSA) is 58.6 Å². The number of ketones is 1. The van der Waals surface area contributed by atoms with E-state index < -0.39 is 0 Å². The number of thiophene rings is 2. The Labute approximate surface area is 149 Å². The Morgan fingerprint density at radius 3 is 2.79 bits per heavy atom. The first-order chi connectivity index (χ1) is 11.7. The molecular weight excluding hydrogens is 344 g/mol. The standard InChI is InChI=1S/C17H20N2O3S2/c1-2-12-10-13(16(21)14-4-3-9-23-14)17(24-12)18-15(20)11-19-5-7-22-8-6-19/h3-4,9-10H,2,5-8,11H2,1H3,(H,18,20). The highest BCUT2D eigenvalue weighted by Gasteiger charge is 2.21. The molecule has 5 nitrogen and oxygen atoms in total. The molecule has 0 radical (unpaired) electrons. The smallest absolute Gasteiger partial charge is 0.239 e. The van der Waals surface area contributed by atoms with E-state index in [1.807, 2.05) is 30.5 Å². The molecule has 0 unspecified atom stereocenters. The molecule has 7 heteroatoms. The summed E-state index contributed by atoms with van der Waals surface area (Å²) in [5.41, 5.74) is 0.592. The number of nitrogens with one attached hydrogen (secondary N) is 1. The van der Waals surface area contributed by atoms with E-state index in [-0.39, 0.29) is 11.7 Å². The van der Waals surface area contributed by atoms with Crippen LogP contribution in [0.2, 0.25) is 0 Å². The van der Waals surface area contributed by atoms with Gasteiger partial charge in [0.2, 0.25) is 11.7 Å². The van der Waals surface area contributed by atoms with Crippen molar-refractivity contribution in [1.29, 1.82) is 0 Å². The maximum absolute atomic E-state index is 12.7. The fraction of sp³-hybridized carbons (Fsp3) is 0.412. The summed E-state index contributed by atoms with van der Waals surface area (Å²) < 4.78 is 5.29. The summed E-state index contributed by atoms with van der Waals surface area (Å²) in [5, 5.41) is 5.48. The van der Waals surface area contributed by atoms with Crippen molar-refractivity contribution in [1.82, 2.24) is 4.90 Å². The number of hydrogen-bond acceptors (Lipinski definition) is 6. The molecule has 0 spiro atoms. The van der Waals surface area contributed by atoms with Gasteiger partial charge in [-0.05, 0) is 23.9 Å². The second-order valence-electron chi connectivity index (χ2n) is 5.55. The molecule has 128 valence electrons. The molecule has 1 aliphatic rings. The summed E-state index contributed by atoms with van der Waals surface area (Å²) in [5.74, 6) is -0.107. The summed E-state index contributed by atoms with van der Waals surface area (Å²) >= 11 is 2.90. The van der Waals surface area contributed by atoms with Crippen molar-refractivity contribution in [2.24, 2.45) is 0 Å². The minimum Gasteiger partial charge on any atom is -0.379 e. The van der Waals surface area contributed by atoms with Crippen LogP contribution in [0.1, 0.15) is 27.0 Å². The quantitative estimate of drug-likeness (QED) is 0.801. The molecular formula is C17H20N2O3S2. The van der Waals surface area contributed by atoms with E-state index in [0.717, 1.165) is 24.4 Å². The van der Waals surface area contributed by atoms with Gasteiger partial charge in [0, 0.05) is 18.0 Å². The number of carbonyl (C=O) groups is 2. The lowest BCUT2D eigenvalue weighted by atomic mass is 10.1. The highest BCUT2D eigenvalue weighted by molar-refractivity contribution is 7.17. The maximum atomic E-state index is 12.7. The Balaban J connectivity index is 1.73. The number of rotatable bonds is 6. The summed E-state index contributed by atoms with van der Waals surface area (Å²) in [6.45, 7) is 5.22. The Morgan fingerprint density at radius 2 is 2.12 bits per heavy atom. The van der Waals surface area contributed by atoms with Crippen LogP contribution in [0.4, 0.5) is 5.00 Å². The van der Waals surface area contributed by atoms with Gasteiger partial charge in [0.25, 0.3) is 0 Å². The van der Waals surface area contributed by atoms with Crippen LogP contribution < -0.4 is 5.32 Å². The van der Waals surface area contributed by atoms with E-state index in [0.29, 0.717) is 35.2 Å². The predicted octanol–water partition coefficient (Wildman–Crippen LogP) is 2.87. The van der Waals surface area contributed by atoms with Crippen LogP contribution in [0.3, 0.4) is 0 Å². The summed E-state index contributed by atoms with van der Waals surface area (Å²) in [4.78, 5) is 28.9. The molecule has 1 amide bonds. The van der Waals surface area contributed by atoms with E-state index in [1.54, 1.807) is 0 Å². The molecule has 1 N–H and O–H groups in total. The maximum Gasteiger partial charge on any atom is 0.239 e. The highest BCUT2D eigenvalue weighted by atomic mass is 32.1. The van der Waals surface area contributed by atoms with Crippen LogP contribution in [0.15, 0.2) is 23.6 Å². The summed E-state index contributed by atoms with van der Waals surface area (Å²) in [7, 11) is 0. The number of nitrogens with zero attached hydrogens (tertiary/aromatic N) is 1. The Bertz CT molecular complexity index is 703. The van der Waals surface area contributed by atoms with E-state index in [1.165, 1.54) is 22.7 Å². The lowest BCUT2D eigenvalue weighted by Crippen LogP contribution is -2.41. The number of amides is 1. The third kappa shape index (κ3) is 4.10. The molecule has 3 rings (SSSR count). The second-order valence-corrected chi connectivity index (χ2v) is 7.64. The van der Waals surface area contributed by atoms with Gasteiger partial charge in [-0.15, -0.1) is 22.7 Å². The summed E-state index contributed by atoms with van der Waals surface area (Å²) in [6, 6.07) is 5.58. The van der Waals surface area contributed by atoms with E-state index in [2.05, 4.69) is 10.2 Å². The van der Waals surface area contributed by atoms with Crippen molar-refractivity contribution in [3.63, 3.8) is 0 Å². The van der Waals surface area contributed by atoms with Gasteiger partial charge in [-0.25, -0.2) is 0 Å². The molecule has 2 aromatic heterocycles. The van der Waals surface area contributed by atoms with Crippen molar-refractivity contribution in [3.8, 4) is 0 Å². The molecule has 0 bridgehead atoms. The van der Waals surface area contributed by atoms with Crippen molar-refractivity contribution in [2.75, 3.05) is 38.2 Å². The number of carbonyl (C=O) groups excluding carboxylic acids is 2. The number of ether oxygens (including phenoxy) is 1. The Kier molecular flexibility index (Phi) is 5.78. The molecule has 2 aromatic rings. The van der Waals surface area contributed by atoms with Gasteiger partial charge >= 0.3 is 0 Å².